The first-order valence-corrected chi connectivity index (χ1v) is 4.86. The summed E-state index contributed by atoms with van der Waals surface area (Å²) >= 11 is 0. The van der Waals surface area contributed by atoms with Crippen molar-refractivity contribution in [1.29, 1.82) is 0 Å². The maximum Gasteiger partial charge on any atom is 0.244 e. The summed E-state index contributed by atoms with van der Waals surface area (Å²) in [7, 11) is 1.84. The highest BCUT2D eigenvalue weighted by atomic mass is 16.1. The monoisotopic (exact) mass is 207 g/mol. The molecule has 1 aromatic rings. The Hall–Kier alpha value is -1.58. The molecule has 0 unspecified atom stereocenters. The normalized spacial score (nSPS) is 12.0. The third-order valence-electron chi connectivity index (χ3n) is 1.65. The highest BCUT2D eigenvalue weighted by molar-refractivity contribution is 5.92. The highest BCUT2D eigenvalue weighted by Gasteiger charge is 2.10. The van der Waals surface area contributed by atoms with Crippen molar-refractivity contribution in [1.82, 2.24) is 15.1 Å². The van der Waals surface area contributed by atoms with Crippen LogP contribution in [0.1, 0.15) is 26.3 Å². The van der Waals surface area contributed by atoms with E-state index in [9.17, 15) is 4.79 Å². The molecule has 1 N–H and O–H groups in total. The summed E-state index contributed by atoms with van der Waals surface area (Å²) in [6.07, 6.45) is 6.82. The van der Waals surface area contributed by atoms with Crippen LogP contribution in [0.3, 0.4) is 0 Å². The lowest BCUT2D eigenvalue weighted by Gasteiger charge is -2.18. The molecule has 0 atom stereocenters. The van der Waals surface area contributed by atoms with Gasteiger partial charge in [0.05, 0.1) is 6.20 Å². The number of amides is 1. The van der Waals surface area contributed by atoms with Crippen molar-refractivity contribution in [2.24, 2.45) is 7.05 Å². The maximum absolute atomic E-state index is 11.4. The third-order valence-corrected chi connectivity index (χ3v) is 1.65. The summed E-state index contributed by atoms with van der Waals surface area (Å²) in [6, 6.07) is 0. The van der Waals surface area contributed by atoms with Crippen molar-refractivity contribution in [2.75, 3.05) is 0 Å². The van der Waals surface area contributed by atoms with Gasteiger partial charge in [-0.15, -0.1) is 0 Å². The molecule has 0 aliphatic carbocycles. The van der Waals surface area contributed by atoms with Crippen LogP contribution in [0, 0.1) is 0 Å². The Bertz CT molecular complexity index is 371. The minimum Gasteiger partial charge on any atom is -0.348 e. The Morgan fingerprint density at radius 3 is 2.67 bits per heavy atom. The number of aromatic nitrogens is 2. The van der Waals surface area contributed by atoms with Gasteiger partial charge < -0.3 is 5.32 Å². The average molecular weight is 207 g/mol. The van der Waals surface area contributed by atoms with Gasteiger partial charge in [0, 0.05) is 30.4 Å². The molecule has 0 aromatic carbocycles. The minimum atomic E-state index is -0.198. The Morgan fingerprint density at radius 2 is 2.20 bits per heavy atom. The summed E-state index contributed by atoms with van der Waals surface area (Å²) in [6.45, 7) is 5.84. The summed E-state index contributed by atoms with van der Waals surface area (Å²) in [5, 5.41) is 6.85. The van der Waals surface area contributed by atoms with Crippen LogP contribution in [0.25, 0.3) is 6.08 Å². The first-order chi connectivity index (χ1) is 6.87. The Labute approximate surface area is 90.0 Å². The summed E-state index contributed by atoms with van der Waals surface area (Å²) in [5.74, 6) is -0.0913. The zero-order chi connectivity index (χ0) is 11.5. The van der Waals surface area contributed by atoms with Crippen molar-refractivity contribution in [3.63, 3.8) is 0 Å². The van der Waals surface area contributed by atoms with Gasteiger partial charge in [-0.2, -0.15) is 5.10 Å². The zero-order valence-electron chi connectivity index (χ0n) is 9.61. The molecule has 0 saturated heterocycles. The first-order valence-electron chi connectivity index (χ1n) is 4.86. The van der Waals surface area contributed by atoms with E-state index in [1.807, 2.05) is 34.0 Å². The second-order valence-electron chi connectivity index (χ2n) is 4.52. The van der Waals surface area contributed by atoms with E-state index >= 15 is 0 Å². The van der Waals surface area contributed by atoms with E-state index in [1.54, 1.807) is 17.0 Å². The number of nitrogens with zero attached hydrogens (tertiary/aromatic N) is 2. The van der Waals surface area contributed by atoms with Crippen molar-refractivity contribution < 1.29 is 4.79 Å². The molecular formula is C11H17N3O. The van der Waals surface area contributed by atoms with Crippen LogP contribution in [0.15, 0.2) is 18.5 Å². The number of hydrogen-bond donors (Lipinski definition) is 1. The van der Waals surface area contributed by atoms with E-state index in [0.29, 0.717) is 0 Å². The Morgan fingerprint density at radius 1 is 1.53 bits per heavy atom. The fourth-order valence-corrected chi connectivity index (χ4v) is 1.11. The number of aryl methyl sites for hydroxylation is 1. The fourth-order valence-electron chi connectivity index (χ4n) is 1.11. The van der Waals surface area contributed by atoms with Gasteiger partial charge in [0.25, 0.3) is 0 Å². The molecule has 1 amide bonds. The standard InChI is InChI=1S/C11H17N3O/c1-11(2,3)13-10(15)6-5-9-7-12-14(4)8-9/h5-8H,1-4H3,(H,13,15). The number of carbonyl (C=O) groups is 1. The molecule has 1 heterocycles. The van der Waals surface area contributed by atoms with Crippen LogP contribution >= 0.6 is 0 Å². The first kappa shape index (κ1) is 11.5. The molecule has 82 valence electrons. The second kappa shape index (κ2) is 4.29. The SMILES string of the molecule is Cn1cc(C=CC(=O)NC(C)(C)C)cn1. The van der Waals surface area contributed by atoms with Gasteiger partial charge in [-0.25, -0.2) is 0 Å². The Kier molecular flexibility index (Phi) is 3.29. The number of rotatable bonds is 2. The van der Waals surface area contributed by atoms with Gasteiger partial charge in [-0.1, -0.05) is 0 Å². The summed E-state index contributed by atoms with van der Waals surface area (Å²) < 4.78 is 1.70. The van der Waals surface area contributed by atoms with Crippen LogP contribution < -0.4 is 5.32 Å². The molecular weight excluding hydrogens is 190 g/mol. The molecule has 0 aliphatic rings. The van der Waals surface area contributed by atoms with E-state index in [2.05, 4.69) is 10.4 Å². The quantitative estimate of drug-likeness (QED) is 0.744. The predicted molar refractivity (Wildman–Crippen MR) is 60.1 cm³/mol. The summed E-state index contributed by atoms with van der Waals surface area (Å²) in [4.78, 5) is 11.4. The number of carbonyl (C=O) groups excluding carboxylic acids is 1. The largest absolute Gasteiger partial charge is 0.348 e. The van der Waals surface area contributed by atoms with E-state index in [4.69, 9.17) is 0 Å². The summed E-state index contributed by atoms with van der Waals surface area (Å²) in [5.41, 5.74) is 0.720. The van der Waals surface area contributed by atoms with Crippen LogP contribution in [0.2, 0.25) is 0 Å². The molecule has 1 rings (SSSR count). The molecule has 0 aliphatic heterocycles. The molecule has 4 heteroatoms. The fraction of sp³-hybridized carbons (Fsp3) is 0.455. The van der Waals surface area contributed by atoms with Gasteiger partial charge in [0.15, 0.2) is 0 Å². The Balaban J connectivity index is 2.55. The van der Waals surface area contributed by atoms with Gasteiger partial charge in [-0.3, -0.25) is 9.48 Å². The molecule has 0 radical (unpaired) electrons. The molecule has 0 saturated carbocycles. The van der Waals surface area contributed by atoms with Crippen molar-refractivity contribution in [3.8, 4) is 0 Å². The number of nitrogens with one attached hydrogen (secondary N) is 1. The lowest BCUT2D eigenvalue weighted by molar-refractivity contribution is -0.117. The van der Waals surface area contributed by atoms with Gasteiger partial charge in [-0.05, 0) is 26.8 Å². The van der Waals surface area contributed by atoms with Crippen LogP contribution in [0.4, 0.5) is 0 Å². The number of hydrogen-bond acceptors (Lipinski definition) is 2. The highest BCUT2D eigenvalue weighted by Crippen LogP contribution is 2.01. The second-order valence-corrected chi connectivity index (χ2v) is 4.52. The molecule has 0 spiro atoms. The van der Waals surface area contributed by atoms with Gasteiger partial charge in [0.2, 0.25) is 5.91 Å². The van der Waals surface area contributed by atoms with Gasteiger partial charge >= 0.3 is 0 Å². The lowest BCUT2D eigenvalue weighted by atomic mass is 10.1. The zero-order valence-corrected chi connectivity index (χ0v) is 9.61. The van der Waals surface area contributed by atoms with Crippen LogP contribution in [-0.4, -0.2) is 21.2 Å². The van der Waals surface area contributed by atoms with Crippen molar-refractivity contribution in [2.45, 2.75) is 26.3 Å². The van der Waals surface area contributed by atoms with Crippen molar-refractivity contribution >= 4 is 12.0 Å². The lowest BCUT2D eigenvalue weighted by Crippen LogP contribution is -2.39. The average Bonchev–Trinajstić information content (AvgIpc) is 2.45. The molecule has 4 nitrogen and oxygen atoms in total. The molecule has 1 aromatic heterocycles. The van der Waals surface area contributed by atoms with E-state index in [1.165, 1.54) is 6.08 Å². The van der Waals surface area contributed by atoms with Gasteiger partial charge in [0.1, 0.15) is 0 Å². The third kappa shape index (κ3) is 4.44. The van der Waals surface area contributed by atoms with Crippen LogP contribution in [0.5, 0.6) is 0 Å². The molecule has 0 fully saturated rings. The van der Waals surface area contributed by atoms with Crippen molar-refractivity contribution in [3.05, 3.63) is 24.0 Å². The minimum absolute atomic E-state index is 0.0913. The molecule has 15 heavy (non-hydrogen) atoms. The maximum atomic E-state index is 11.4. The topological polar surface area (TPSA) is 46.9 Å². The van der Waals surface area contributed by atoms with E-state index in [-0.39, 0.29) is 11.4 Å². The molecule has 0 bridgehead atoms. The van der Waals surface area contributed by atoms with Crippen LogP contribution in [-0.2, 0) is 11.8 Å². The van der Waals surface area contributed by atoms with E-state index < -0.39 is 0 Å². The van der Waals surface area contributed by atoms with E-state index in [0.717, 1.165) is 5.56 Å². The predicted octanol–water partition coefficient (Wildman–Crippen LogP) is 1.35. The smallest absolute Gasteiger partial charge is 0.244 e.